The molecule has 3 atom stereocenters. The fraction of sp³-hybridized carbons (Fsp3) is 0.387. The van der Waals surface area contributed by atoms with Crippen molar-refractivity contribution in [2.45, 2.75) is 56.5 Å². The molecule has 2 aromatic carbocycles. The molecule has 7 nitrogen and oxygen atoms in total. The number of aliphatic carboxylic acids is 1. The fourth-order valence-electron chi connectivity index (χ4n) is 6.58. The maximum atomic E-state index is 15.1. The van der Waals surface area contributed by atoms with Crippen molar-refractivity contribution in [3.8, 4) is 11.3 Å². The van der Waals surface area contributed by atoms with Crippen molar-refractivity contribution in [3.05, 3.63) is 83.4 Å². The molecule has 0 radical (unpaired) electrons. The topological polar surface area (TPSA) is 114 Å². The minimum atomic E-state index is -3.33. The molecular formula is C31H33F5N4O3. The Morgan fingerprint density at radius 2 is 1.72 bits per heavy atom. The van der Waals surface area contributed by atoms with Gasteiger partial charge >= 0.3 is 5.97 Å². The standard InChI is InChI=1S/C29H27F3N4O2.CH2F2.CH4O/c1-17(21-4-2-3-18(13-21)14-30)19-5-7-20(8-6-19)22-23-24(33)34-11-12-36(23)25(35-22)27-9-10-28(15-27,26(37)38)29(31,32)16-27;2-1-3;1-2/h2-8,11-13,17H,9-10,14-16H2,1H3,(H2,33,34)(H,37,38);1H2;2H,1H3/t17-,27?,28?;;/m0../s1. The number of rotatable bonds is 6. The van der Waals surface area contributed by atoms with E-state index in [0.29, 0.717) is 29.0 Å². The third kappa shape index (κ3) is 5.32. The van der Waals surface area contributed by atoms with E-state index in [4.69, 9.17) is 15.8 Å². The van der Waals surface area contributed by atoms with Crippen LogP contribution >= 0.6 is 0 Å². The van der Waals surface area contributed by atoms with Crippen LogP contribution in [-0.2, 0) is 16.9 Å². The van der Waals surface area contributed by atoms with E-state index in [-0.39, 0.29) is 24.6 Å². The van der Waals surface area contributed by atoms with Gasteiger partial charge < -0.3 is 15.9 Å². The predicted molar refractivity (Wildman–Crippen MR) is 152 cm³/mol. The number of nitrogens with two attached hydrogens (primary N) is 1. The van der Waals surface area contributed by atoms with Crippen LogP contribution < -0.4 is 5.73 Å². The number of fused-ring (bicyclic) bond motifs is 3. The number of nitrogens with zero attached hydrogens (tertiary/aromatic N) is 3. The van der Waals surface area contributed by atoms with Gasteiger partial charge in [-0.15, -0.1) is 0 Å². The van der Waals surface area contributed by atoms with Crippen LogP contribution in [0.25, 0.3) is 16.8 Å². The van der Waals surface area contributed by atoms with Crippen molar-refractivity contribution in [1.29, 1.82) is 0 Å². The molecule has 2 aliphatic carbocycles. The first kappa shape index (κ1) is 31.9. The minimum Gasteiger partial charge on any atom is -0.481 e. The third-order valence-corrected chi connectivity index (χ3v) is 8.69. The lowest BCUT2D eigenvalue weighted by atomic mass is 9.78. The summed E-state index contributed by atoms with van der Waals surface area (Å²) in [5.74, 6) is -4.15. The van der Waals surface area contributed by atoms with Crippen LogP contribution in [0.5, 0.6) is 0 Å². The number of anilines is 1. The molecule has 0 amide bonds. The minimum absolute atomic E-state index is 0.0267. The number of hydrogen-bond acceptors (Lipinski definition) is 5. The second-order valence-corrected chi connectivity index (χ2v) is 10.9. The summed E-state index contributed by atoms with van der Waals surface area (Å²) in [6.45, 7) is -0.224. The molecule has 2 unspecified atom stereocenters. The van der Waals surface area contributed by atoms with E-state index in [1.807, 2.05) is 49.4 Å². The highest BCUT2D eigenvalue weighted by molar-refractivity contribution is 5.86. The van der Waals surface area contributed by atoms with Gasteiger partial charge in [0.05, 0.1) is 0 Å². The van der Waals surface area contributed by atoms with Gasteiger partial charge in [-0.25, -0.2) is 31.9 Å². The summed E-state index contributed by atoms with van der Waals surface area (Å²) in [6.07, 6.45) is 2.62. The lowest BCUT2D eigenvalue weighted by Gasteiger charge is -2.32. The molecule has 6 rings (SSSR count). The molecule has 4 N–H and O–H groups in total. The zero-order chi connectivity index (χ0) is 31.6. The van der Waals surface area contributed by atoms with Crippen LogP contribution in [0.4, 0.5) is 27.8 Å². The lowest BCUT2D eigenvalue weighted by Crippen LogP contribution is -2.43. The van der Waals surface area contributed by atoms with Crippen molar-refractivity contribution >= 4 is 17.3 Å². The van der Waals surface area contributed by atoms with Gasteiger partial charge in [0.15, 0.2) is 0 Å². The maximum absolute atomic E-state index is 15.1. The highest BCUT2D eigenvalue weighted by Gasteiger charge is 2.75. The molecule has 2 bridgehead atoms. The zero-order valence-electron chi connectivity index (χ0n) is 23.7. The van der Waals surface area contributed by atoms with Crippen LogP contribution in [0.2, 0.25) is 0 Å². The molecule has 4 aromatic rings. The number of aliphatic hydroxyl groups is 1. The number of imidazole rings is 1. The van der Waals surface area contributed by atoms with E-state index in [1.54, 1.807) is 16.7 Å². The van der Waals surface area contributed by atoms with Crippen LogP contribution in [0, 0.1) is 5.41 Å². The lowest BCUT2D eigenvalue weighted by molar-refractivity contribution is -0.174. The Morgan fingerprint density at radius 3 is 2.30 bits per heavy atom. The second kappa shape index (κ2) is 12.3. The second-order valence-electron chi connectivity index (χ2n) is 10.9. The smallest absolute Gasteiger partial charge is 0.315 e. The number of aliphatic hydroxyl groups excluding tert-OH is 1. The molecule has 12 heteroatoms. The third-order valence-electron chi connectivity index (χ3n) is 8.69. The Morgan fingerprint density at radius 1 is 1.05 bits per heavy atom. The predicted octanol–water partition coefficient (Wildman–Crippen LogP) is 6.62. The number of alkyl halides is 5. The van der Waals surface area contributed by atoms with Gasteiger partial charge in [-0.05, 0) is 36.0 Å². The highest BCUT2D eigenvalue weighted by Crippen LogP contribution is 2.68. The molecule has 0 spiro atoms. The van der Waals surface area contributed by atoms with E-state index in [0.717, 1.165) is 23.8 Å². The Balaban J connectivity index is 0.000000798. The van der Waals surface area contributed by atoms with E-state index in [2.05, 4.69) is 4.98 Å². The number of aromatic nitrogens is 3. The van der Waals surface area contributed by atoms with E-state index in [1.165, 1.54) is 6.20 Å². The molecule has 2 aliphatic rings. The quantitative estimate of drug-likeness (QED) is 0.213. The normalized spacial score (nSPS) is 22.3. The summed E-state index contributed by atoms with van der Waals surface area (Å²) in [4.78, 5) is 21.1. The average molecular weight is 605 g/mol. The summed E-state index contributed by atoms with van der Waals surface area (Å²) in [5.41, 5.74) is 7.53. The first-order chi connectivity index (χ1) is 20.5. The molecule has 0 saturated heterocycles. The summed E-state index contributed by atoms with van der Waals surface area (Å²) in [6, 6.07) is 15.2. The zero-order valence-corrected chi connectivity index (χ0v) is 23.7. The van der Waals surface area contributed by atoms with E-state index >= 15 is 8.78 Å². The number of carbonyl (C=O) groups is 1. The van der Waals surface area contributed by atoms with E-state index in [9.17, 15) is 23.1 Å². The van der Waals surface area contributed by atoms with Gasteiger partial charge in [-0.3, -0.25) is 9.20 Å². The van der Waals surface area contributed by atoms with Crippen molar-refractivity contribution in [2.75, 3.05) is 19.8 Å². The molecule has 0 aliphatic heterocycles. The number of carboxylic acid groups (broad SMARTS) is 1. The maximum Gasteiger partial charge on any atom is 0.315 e. The monoisotopic (exact) mass is 604 g/mol. The molecule has 2 fully saturated rings. The van der Waals surface area contributed by atoms with Crippen molar-refractivity contribution in [1.82, 2.24) is 14.4 Å². The average Bonchev–Trinajstić information content (AvgIpc) is 3.67. The Bertz CT molecular complexity index is 1600. The van der Waals surface area contributed by atoms with Crippen LogP contribution in [0.3, 0.4) is 0 Å². The van der Waals surface area contributed by atoms with Gasteiger partial charge in [0, 0.05) is 42.8 Å². The molecule has 43 heavy (non-hydrogen) atoms. The summed E-state index contributed by atoms with van der Waals surface area (Å²) in [7, 11) is 1.00. The van der Waals surface area contributed by atoms with Crippen molar-refractivity contribution in [2.24, 2.45) is 5.41 Å². The largest absolute Gasteiger partial charge is 0.481 e. The summed E-state index contributed by atoms with van der Waals surface area (Å²) in [5, 5.41) is 16.8. The Labute approximate surface area is 245 Å². The molecule has 230 valence electrons. The van der Waals surface area contributed by atoms with Crippen LogP contribution in [0.15, 0.2) is 60.9 Å². The first-order valence-corrected chi connectivity index (χ1v) is 13.6. The van der Waals surface area contributed by atoms with Crippen LogP contribution in [0.1, 0.15) is 61.0 Å². The number of hydrogen-bond donors (Lipinski definition) is 3. The summed E-state index contributed by atoms with van der Waals surface area (Å²) >= 11 is 0. The first-order valence-electron chi connectivity index (χ1n) is 13.6. The Hall–Kier alpha value is -4.06. The van der Waals surface area contributed by atoms with Gasteiger partial charge in [0.25, 0.3) is 5.92 Å². The van der Waals surface area contributed by atoms with E-state index < -0.39 is 42.7 Å². The summed E-state index contributed by atoms with van der Waals surface area (Å²) < 4.78 is 64.3. The molecule has 2 heterocycles. The van der Waals surface area contributed by atoms with Gasteiger partial charge in [-0.2, -0.15) is 0 Å². The molecule has 2 aromatic heterocycles. The number of nitrogen functional groups attached to an aromatic ring is 1. The highest BCUT2D eigenvalue weighted by atomic mass is 19.3. The van der Waals surface area contributed by atoms with Crippen molar-refractivity contribution in [3.63, 3.8) is 0 Å². The Kier molecular flexibility index (Phi) is 9.10. The van der Waals surface area contributed by atoms with Gasteiger partial charge in [0.2, 0.25) is 6.93 Å². The SMILES string of the molecule is CO.C[C@@H](c1ccc(-c2nc(C34CCC(C(=O)O)(C3)C(F)(F)C4)n3ccnc(N)c23)cc1)c1cccc(CF)c1.FCF. The van der Waals surface area contributed by atoms with Crippen molar-refractivity contribution < 1.29 is 37.0 Å². The van der Waals surface area contributed by atoms with Gasteiger partial charge in [-0.1, -0.05) is 55.5 Å². The molecule has 2 saturated carbocycles. The fourth-order valence-corrected chi connectivity index (χ4v) is 6.58. The number of halogens is 5. The number of benzene rings is 2. The number of carboxylic acids is 1. The van der Waals surface area contributed by atoms with Crippen LogP contribution in [-0.4, -0.2) is 50.5 Å². The molecular weight excluding hydrogens is 571 g/mol. The van der Waals surface area contributed by atoms with Gasteiger partial charge in [0.1, 0.15) is 34.9 Å².